The van der Waals surface area contributed by atoms with Crippen LogP contribution >= 0.6 is 0 Å². The molecule has 0 saturated carbocycles. The maximum absolute atomic E-state index is 13.6. The van der Waals surface area contributed by atoms with Crippen molar-refractivity contribution in [2.45, 2.75) is 85.3 Å². The molecule has 0 saturated heterocycles. The van der Waals surface area contributed by atoms with Gasteiger partial charge in [-0.15, -0.1) is 0 Å². The summed E-state index contributed by atoms with van der Waals surface area (Å²) in [4.78, 5) is 13.6. The zero-order chi connectivity index (χ0) is 28.3. The number of esters is 1. The monoisotopic (exact) mass is 555 g/mol. The number of H-pyrrole nitrogens is 1. The molecular formula is C34H41N3O4. The van der Waals surface area contributed by atoms with Gasteiger partial charge in [-0.3, -0.25) is 5.10 Å². The van der Waals surface area contributed by atoms with Crippen LogP contribution in [0.1, 0.15) is 83.2 Å². The normalized spacial score (nSPS) is 15.2. The largest absolute Gasteiger partial charge is 0.493 e. The number of rotatable bonds is 7. The average Bonchev–Trinajstić information content (AvgIpc) is 3.48. The van der Waals surface area contributed by atoms with Crippen LogP contribution in [0.4, 0.5) is 0 Å². The third-order valence-corrected chi connectivity index (χ3v) is 8.63. The summed E-state index contributed by atoms with van der Waals surface area (Å²) in [7, 11) is 0. The molecule has 3 heterocycles. The molecule has 0 spiro atoms. The molecule has 2 aliphatic rings. The molecule has 1 aliphatic carbocycles. The van der Waals surface area contributed by atoms with Crippen molar-refractivity contribution in [1.29, 1.82) is 0 Å². The van der Waals surface area contributed by atoms with Gasteiger partial charge >= 0.3 is 5.97 Å². The molecule has 7 nitrogen and oxygen atoms in total. The van der Waals surface area contributed by atoms with Crippen molar-refractivity contribution in [3.63, 3.8) is 0 Å². The van der Waals surface area contributed by atoms with Gasteiger partial charge in [-0.25, -0.2) is 4.79 Å². The summed E-state index contributed by atoms with van der Waals surface area (Å²) in [5, 5.41) is 8.88. The van der Waals surface area contributed by atoms with E-state index in [1.807, 2.05) is 13.8 Å². The third-order valence-electron chi connectivity index (χ3n) is 8.63. The molecule has 0 unspecified atom stereocenters. The molecule has 4 aromatic rings. The first-order chi connectivity index (χ1) is 20.1. The average molecular weight is 556 g/mol. The lowest BCUT2D eigenvalue weighted by Crippen LogP contribution is -2.15. The fraction of sp³-hybridized carbons (Fsp3) is 0.471. The van der Waals surface area contributed by atoms with E-state index in [9.17, 15) is 4.79 Å². The minimum Gasteiger partial charge on any atom is -0.493 e. The van der Waals surface area contributed by atoms with Gasteiger partial charge in [-0.05, 0) is 100 Å². The number of nitrogens with one attached hydrogen (secondary N) is 1. The summed E-state index contributed by atoms with van der Waals surface area (Å²) in [6.07, 6.45) is 8.08. The molecule has 216 valence electrons. The Morgan fingerprint density at radius 1 is 1.07 bits per heavy atom. The molecule has 2 aromatic carbocycles. The Bertz CT molecular complexity index is 1560. The van der Waals surface area contributed by atoms with Crippen LogP contribution < -0.4 is 4.74 Å². The van der Waals surface area contributed by atoms with Crippen molar-refractivity contribution in [3.8, 4) is 16.9 Å². The van der Waals surface area contributed by atoms with Crippen LogP contribution in [0.2, 0.25) is 0 Å². The van der Waals surface area contributed by atoms with Crippen molar-refractivity contribution in [2.24, 2.45) is 0 Å². The fourth-order valence-electron chi connectivity index (χ4n) is 6.72. The van der Waals surface area contributed by atoms with Gasteiger partial charge in [0.2, 0.25) is 0 Å². The Balaban J connectivity index is 1.41. The second-order valence-corrected chi connectivity index (χ2v) is 11.3. The number of aryl methyl sites for hydroxylation is 5. The highest BCUT2D eigenvalue weighted by atomic mass is 16.5. The molecule has 1 N–H and O–H groups in total. The number of aromatic nitrogens is 3. The lowest BCUT2D eigenvalue weighted by atomic mass is 9.91. The molecule has 0 fully saturated rings. The van der Waals surface area contributed by atoms with Crippen LogP contribution in [0, 0.1) is 13.8 Å². The van der Waals surface area contributed by atoms with Gasteiger partial charge in [0.15, 0.2) is 0 Å². The Hall–Kier alpha value is -3.58. The molecule has 7 heteroatoms. The molecule has 0 amide bonds. The number of aromatic amines is 1. The summed E-state index contributed by atoms with van der Waals surface area (Å²) in [6.45, 7) is 8.87. The number of hydrogen-bond donors (Lipinski definition) is 1. The van der Waals surface area contributed by atoms with E-state index in [1.54, 1.807) is 0 Å². The second-order valence-electron chi connectivity index (χ2n) is 11.3. The van der Waals surface area contributed by atoms with Gasteiger partial charge in [-0.2, -0.15) is 5.10 Å². The van der Waals surface area contributed by atoms with E-state index < -0.39 is 0 Å². The van der Waals surface area contributed by atoms with Gasteiger partial charge in [0, 0.05) is 29.7 Å². The minimum absolute atomic E-state index is 0.254. The standard InChI is InChI=1S/C34H41N3O4/c1-4-40-34(38)33-26(14-10-20-41-29-15-9-12-24-11-5-6-13-25(24)29)27-17-16-22(2)30-31-23(3)35-36-28(31)21-39-19-8-7-18-37(33)32(27)30/h9,12,15-17H,4-8,10-11,13-14,18-21H2,1-3H3,(H,35,36). The van der Waals surface area contributed by atoms with E-state index in [1.165, 1.54) is 24.0 Å². The summed E-state index contributed by atoms with van der Waals surface area (Å²) < 4.78 is 20.3. The van der Waals surface area contributed by atoms with E-state index in [4.69, 9.17) is 14.2 Å². The first-order valence-electron chi connectivity index (χ1n) is 15.3. The van der Waals surface area contributed by atoms with E-state index in [0.29, 0.717) is 32.1 Å². The van der Waals surface area contributed by atoms with Crippen molar-refractivity contribution in [3.05, 3.63) is 69.7 Å². The maximum Gasteiger partial charge on any atom is 0.355 e. The van der Waals surface area contributed by atoms with E-state index in [-0.39, 0.29) is 5.97 Å². The number of ether oxygens (including phenoxy) is 3. The molecule has 41 heavy (non-hydrogen) atoms. The first-order valence-corrected chi connectivity index (χ1v) is 15.3. The van der Waals surface area contributed by atoms with Crippen molar-refractivity contribution < 1.29 is 19.0 Å². The molecular weight excluding hydrogens is 514 g/mol. The smallest absolute Gasteiger partial charge is 0.355 e. The van der Waals surface area contributed by atoms with Gasteiger partial charge in [0.25, 0.3) is 0 Å². The van der Waals surface area contributed by atoms with Crippen LogP contribution in [0.15, 0.2) is 30.3 Å². The van der Waals surface area contributed by atoms with Gasteiger partial charge in [0.1, 0.15) is 11.4 Å². The Morgan fingerprint density at radius 3 is 2.83 bits per heavy atom. The molecule has 0 atom stereocenters. The summed E-state index contributed by atoms with van der Waals surface area (Å²) in [6, 6.07) is 10.8. The molecule has 2 aromatic heterocycles. The summed E-state index contributed by atoms with van der Waals surface area (Å²) >= 11 is 0. The van der Waals surface area contributed by atoms with E-state index in [2.05, 4.69) is 52.0 Å². The summed E-state index contributed by atoms with van der Waals surface area (Å²) in [5.74, 6) is 0.767. The van der Waals surface area contributed by atoms with Gasteiger partial charge in [0.05, 0.1) is 36.7 Å². The van der Waals surface area contributed by atoms with Crippen molar-refractivity contribution >= 4 is 16.9 Å². The zero-order valence-corrected chi connectivity index (χ0v) is 24.6. The van der Waals surface area contributed by atoms with Crippen molar-refractivity contribution in [1.82, 2.24) is 14.8 Å². The number of hydrogen-bond acceptors (Lipinski definition) is 5. The van der Waals surface area contributed by atoms with Crippen LogP contribution in [0.3, 0.4) is 0 Å². The Labute approximate surface area is 242 Å². The quantitative estimate of drug-likeness (QED) is 0.196. The number of fused-ring (bicyclic) bond motifs is 3. The molecule has 1 aliphatic heterocycles. The molecule has 6 rings (SSSR count). The highest BCUT2D eigenvalue weighted by Gasteiger charge is 2.28. The first kappa shape index (κ1) is 27.6. The SMILES string of the molecule is CCOC(=O)c1c(CCCOc2cccc3c2CCCC3)c2ccc(C)c3c2n1CCCCOCc1[nH]nc(C)c1-3. The highest BCUT2D eigenvalue weighted by Crippen LogP contribution is 2.40. The van der Waals surface area contributed by atoms with Gasteiger partial charge < -0.3 is 18.8 Å². The molecule has 0 bridgehead atoms. The van der Waals surface area contributed by atoms with Gasteiger partial charge in [-0.1, -0.05) is 24.3 Å². The maximum atomic E-state index is 13.6. The number of benzene rings is 2. The third kappa shape index (κ3) is 5.28. The predicted octanol–water partition coefficient (Wildman–Crippen LogP) is 7.03. The molecule has 0 radical (unpaired) electrons. The number of carbonyl (C=O) groups is 1. The van der Waals surface area contributed by atoms with E-state index in [0.717, 1.165) is 95.4 Å². The number of nitrogens with zero attached hydrogens (tertiary/aromatic N) is 2. The zero-order valence-electron chi connectivity index (χ0n) is 24.6. The van der Waals surface area contributed by atoms with Crippen LogP contribution in [-0.2, 0) is 41.9 Å². The minimum atomic E-state index is -0.254. The van der Waals surface area contributed by atoms with Crippen molar-refractivity contribution in [2.75, 3.05) is 19.8 Å². The summed E-state index contributed by atoms with van der Waals surface area (Å²) in [5.41, 5.74) is 10.9. The second kappa shape index (κ2) is 12.1. The number of carbonyl (C=O) groups excluding carboxylic acids is 1. The fourth-order valence-corrected chi connectivity index (χ4v) is 6.72. The van der Waals surface area contributed by atoms with Crippen LogP contribution in [-0.4, -0.2) is 40.6 Å². The Morgan fingerprint density at radius 2 is 1.95 bits per heavy atom. The lowest BCUT2D eigenvalue weighted by molar-refractivity contribution is 0.0512. The van der Waals surface area contributed by atoms with Crippen LogP contribution in [0.25, 0.3) is 22.0 Å². The highest BCUT2D eigenvalue weighted by molar-refractivity contribution is 6.05. The predicted molar refractivity (Wildman–Crippen MR) is 161 cm³/mol. The Kier molecular flexibility index (Phi) is 8.15. The topological polar surface area (TPSA) is 78.4 Å². The van der Waals surface area contributed by atoms with Crippen LogP contribution in [0.5, 0.6) is 5.75 Å². The van der Waals surface area contributed by atoms with E-state index >= 15 is 0 Å². The lowest BCUT2D eigenvalue weighted by Gasteiger charge is -2.19.